The standard InChI is InChI=1S/C15H21ClN2O4/c1-4-6-22-14-11(16)7-10(8-12(14)21-5-2)15(20)18-9-13(19)17-3/h7-8H,4-6,9H2,1-3H3,(H,17,19)(H,18,20). The van der Waals surface area contributed by atoms with Gasteiger partial charge in [-0.05, 0) is 25.5 Å². The van der Waals surface area contributed by atoms with Crippen LogP contribution in [0.5, 0.6) is 11.5 Å². The Bertz CT molecular complexity index is 535. The van der Waals surface area contributed by atoms with Crippen LogP contribution in [0.1, 0.15) is 30.6 Å². The lowest BCUT2D eigenvalue weighted by Gasteiger charge is -2.14. The molecule has 0 atom stereocenters. The van der Waals surface area contributed by atoms with E-state index >= 15 is 0 Å². The summed E-state index contributed by atoms with van der Waals surface area (Å²) in [6.07, 6.45) is 0.830. The summed E-state index contributed by atoms with van der Waals surface area (Å²) in [5.41, 5.74) is 0.307. The van der Waals surface area contributed by atoms with Gasteiger partial charge in [-0.2, -0.15) is 0 Å². The summed E-state index contributed by atoms with van der Waals surface area (Å²) in [6.45, 7) is 4.62. The first-order chi connectivity index (χ1) is 10.5. The molecule has 0 radical (unpaired) electrons. The molecule has 0 saturated heterocycles. The molecular weight excluding hydrogens is 308 g/mol. The Labute approximate surface area is 135 Å². The third-order valence-corrected chi connectivity index (χ3v) is 2.99. The molecule has 0 aliphatic heterocycles. The Morgan fingerprint density at radius 2 is 1.95 bits per heavy atom. The van der Waals surface area contributed by atoms with Crippen molar-refractivity contribution in [1.29, 1.82) is 0 Å². The number of hydrogen-bond acceptors (Lipinski definition) is 4. The smallest absolute Gasteiger partial charge is 0.251 e. The van der Waals surface area contributed by atoms with Gasteiger partial charge in [-0.15, -0.1) is 0 Å². The van der Waals surface area contributed by atoms with Gasteiger partial charge in [0.25, 0.3) is 5.91 Å². The number of amides is 2. The Morgan fingerprint density at radius 1 is 1.23 bits per heavy atom. The molecule has 0 fully saturated rings. The lowest BCUT2D eigenvalue weighted by Crippen LogP contribution is -2.35. The van der Waals surface area contributed by atoms with E-state index in [0.29, 0.717) is 35.3 Å². The predicted molar refractivity (Wildman–Crippen MR) is 84.8 cm³/mol. The summed E-state index contributed by atoms with van der Waals surface area (Å²) in [5, 5.41) is 5.22. The molecule has 0 unspecified atom stereocenters. The highest BCUT2D eigenvalue weighted by atomic mass is 35.5. The average Bonchev–Trinajstić information content (AvgIpc) is 2.51. The van der Waals surface area contributed by atoms with Crippen LogP contribution in [0.3, 0.4) is 0 Å². The third kappa shape index (κ3) is 5.11. The normalized spacial score (nSPS) is 10.0. The van der Waals surface area contributed by atoms with E-state index in [1.54, 1.807) is 6.07 Å². The van der Waals surface area contributed by atoms with Gasteiger partial charge in [-0.3, -0.25) is 9.59 Å². The van der Waals surface area contributed by atoms with Gasteiger partial charge >= 0.3 is 0 Å². The van der Waals surface area contributed by atoms with E-state index in [9.17, 15) is 9.59 Å². The van der Waals surface area contributed by atoms with Crippen LogP contribution in [0, 0.1) is 0 Å². The zero-order valence-corrected chi connectivity index (χ0v) is 13.8. The molecule has 1 rings (SSSR count). The topological polar surface area (TPSA) is 76.7 Å². The third-order valence-electron chi connectivity index (χ3n) is 2.71. The van der Waals surface area contributed by atoms with Crippen molar-refractivity contribution in [3.8, 4) is 11.5 Å². The average molecular weight is 329 g/mol. The van der Waals surface area contributed by atoms with Gasteiger partial charge in [0.05, 0.1) is 24.8 Å². The van der Waals surface area contributed by atoms with Crippen molar-refractivity contribution in [2.45, 2.75) is 20.3 Å². The summed E-state index contributed by atoms with van der Waals surface area (Å²) in [7, 11) is 1.50. The van der Waals surface area contributed by atoms with Gasteiger partial charge < -0.3 is 20.1 Å². The molecule has 0 heterocycles. The van der Waals surface area contributed by atoms with E-state index in [1.165, 1.54) is 13.1 Å². The second-order valence-corrected chi connectivity index (χ2v) is 4.83. The quantitative estimate of drug-likeness (QED) is 0.765. The molecule has 1 aromatic rings. The molecule has 1 aromatic carbocycles. The minimum atomic E-state index is -0.409. The Morgan fingerprint density at radius 3 is 2.55 bits per heavy atom. The first kappa shape index (κ1) is 18.1. The second kappa shape index (κ2) is 9.15. The van der Waals surface area contributed by atoms with Crippen molar-refractivity contribution in [1.82, 2.24) is 10.6 Å². The summed E-state index contributed by atoms with van der Waals surface area (Å²) >= 11 is 6.18. The maximum atomic E-state index is 12.1. The maximum Gasteiger partial charge on any atom is 0.251 e. The Balaban J connectivity index is 2.96. The number of carbonyl (C=O) groups excluding carboxylic acids is 2. The Hall–Kier alpha value is -1.95. The number of rotatable bonds is 8. The maximum absolute atomic E-state index is 12.1. The molecule has 0 aromatic heterocycles. The highest BCUT2D eigenvalue weighted by Gasteiger charge is 2.16. The van der Waals surface area contributed by atoms with Crippen LogP contribution >= 0.6 is 11.6 Å². The fourth-order valence-electron chi connectivity index (χ4n) is 1.66. The van der Waals surface area contributed by atoms with Crippen LogP contribution in [0.25, 0.3) is 0 Å². The molecule has 0 bridgehead atoms. The molecule has 0 spiro atoms. The zero-order chi connectivity index (χ0) is 16.5. The van der Waals surface area contributed by atoms with Gasteiger partial charge in [-0.1, -0.05) is 18.5 Å². The number of nitrogens with one attached hydrogen (secondary N) is 2. The van der Waals surface area contributed by atoms with Crippen molar-refractivity contribution in [3.63, 3.8) is 0 Å². The zero-order valence-electron chi connectivity index (χ0n) is 13.0. The van der Waals surface area contributed by atoms with Crippen molar-refractivity contribution in [3.05, 3.63) is 22.7 Å². The predicted octanol–water partition coefficient (Wildman–Crippen LogP) is 2.00. The highest BCUT2D eigenvalue weighted by Crippen LogP contribution is 2.36. The molecule has 0 aliphatic rings. The molecule has 2 amide bonds. The Kier molecular flexibility index (Phi) is 7.52. The van der Waals surface area contributed by atoms with Crippen molar-refractivity contribution >= 4 is 23.4 Å². The fourth-order valence-corrected chi connectivity index (χ4v) is 1.92. The van der Waals surface area contributed by atoms with Gasteiger partial charge in [0.15, 0.2) is 11.5 Å². The largest absolute Gasteiger partial charge is 0.490 e. The van der Waals surface area contributed by atoms with Gasteiger partial charge in [-0.25, -0.2) is 0 Å². The summed E-state index contributed by atoms with van der Waals surface area (Å²) < 4.78 is 11.1. The molecule has 0 saturated carbocycles. The lowest BCUT2D eigenvalue weighted by molar-refractivity contribution is -0.119. The SMILES string of the molecule is CCCOc1c(Cl)cc(C(=O)NCC(=O)NC)cc1OCC. The van der Waals surface area contributed by atoms with Crippen LogP contribution < -0.4 is 20.1 Å². The molecule has 0 aliphatic carbocycles. The van der Waals surface area contributed by atoms with E-state index in [4.69, 9.17) is 21.1 Å². The number of hydrogen-bond donors (Lipinski definition) is 2. The number of halogens is 1. The monoisotopic (exact) mass is 328 g/mol. The highest BCUT2D eigenvalue weighted by molar-refractivity contribution is 6.32. The lowest BCUT2D eigenvalue weighted by atomic mass is 10.2. The fraction of sp³-hybridized carbons (Fsp3) is 0.467. The first-order valence-electron chi connectivity index (χ1n) is 7.11. The van der Waals surface area contributed by atoms with E-state index in [1.807, 2.05) is 13.8 Å². The first-order valence-corrected chi connectivity index (χ1v) is 7.49. The van der Waals surface area contributed by atoms with E-state index in [-0.39, 0.29) is 12.5 Å². The number of ether oxygens (including phenoxy) is 2. The summed E-state index contributed by atoms with van der Waals surface area (Å²) in [4.78, 5) is 23.2. The summed E-state index contributed by atoms with van der Waals surface area (Å²) in [6, 6.07) is 3.05. The van der Waals surface area contributed by atoms with E-state index in [2.05, 4.69) is 10.6 Å². The van der Waals surface area contributed by atoms with Crippen LogP contribution in [-0.2, 0) is 4.79 Å². The van der Waals surface area contributed by atoms with Crippen molar-refractivity contribution in [2.24, 2.45) is 0 Å². The van der Waals surface area contributed by atoms with Crippen LogP contribution in [0.15, 0.2) is 12.1 Å². The number of benzene rings is 1. The molecule has 22 heavy (non-hydrogen) atoms. The van der Waals surface area contributed by atoms with Crippen LogP contribution in [0.2, 0.25) is 5.02 Å². The van der Waals surface area contributed by atoms with Gasteiger partial charge in [0, 0.05) is 12.6 Å². The van der Waals surface area contributed by atoms with E-state index < -0.39 is 5.91 Å². The summed E-state index contributed by atoms with van der Waals surface area (Å²) in [5.74, 6) is 0.141. The number of carbonyl (C=O) groups is 2. The minimum absolute atomic E-state index is 0.106. The van der Waals surface area contributed by atoms with Gasteiger partial charge in [0.1, 0.15) is 0 Å². The van der Waals surface area contributed by atoms with Crippen molar-refractivity contribution in [2.75, 3.05) is 26.8 Å². The number of likely N-dealkylation sites (N-methyl/N-ethyl adjacent to an activating group) is 1. The molecule has 2 N–H and O–H groups in total. The molecule has 7 heteroatoms. The second-order valence-electron chi connectivity index (χ2n) is 4.42. The molecule has 6 nitrogen and oxygen atoms in total. The van der Waals surface area contributed by atoms with Crippen LogP contribution in [0.4, 0.5) is 0 Å². The van der Waals surface area contributed by atoms with Gasteiger partial charge in [0.2, 0.25) is 5.91 Å². The minimum Gasteiger partial charge on any atom is -0.490 e. The van der Waals surface area contributed by atoms with Crippen molar-refractivity contribution < 1.29 is 19.1 Å². The molecular formula is C15H21ClN2O4. The van der Waals surface area contributed by atoms with Crippen LogP contribution in [-0.4, -0.2) is 38.6 Å². The van der Waals surface area contributed by atoms with E-state index in [0.717, 1.165) is 6.42 Å². The molecule has 122 valence electrons.